The van der Waals surface area contributed by atoms with Crippen LogP contribution in [0, 0.1) is 17.3 Å². The predicted molar refractivity (Wildman–Crippen MR) is 109 cm³/mol. The SMILES string of the molecule is CC(C)(C)CC(C)(C)n1ccnc1-c1ccc(C#Cc2ccccn2)s1. The van der Waals surface area contributed by atoms with Crippen molar-refractivity contribution in [3.05, 3.63) is 59.5 Å². The van der Waals surface area contributed by atoms with E-state index in [1.807, 2.05) is 24.4 Å². The maximum Gasteiger partial charge on any atom is 0.150 e. The van der Waals surface area contributed by atoms with E-state index >= 15 is 0 Å². The molecule has 3 heterocycles. The molecule has 0 aliphatic carbocycles. The van der Waals surface area contributed by atoms with Gasteiger partial charge in [-0.3, -0.25) is 0 Å². The van der Waals surface area contributed by atoms with E-state index in [0.717, 1.165) is 27.7 Å². The van der Waals surface area contributed by atoms with Crippen molar-refractivity contribution in [2.24, 2.45) is 5.41 Å². The van der Waals surface area contributed by atoms with Gasteiger partial charge >= 0.3 is 0 Å². The zero-order valence-corrected chi connectivity index (χ0v) is 16.9. The molecule has 0 bridgehead atoms. The van der Waals surface area contributed by atoms with E-state index in [4.69, 9.17) is 0 Å². The number of rotatable bonds is 3. The minimum Gasteiger partial charge on any atom is -0.325 e. The van der Waals surface area contributed by atoms with Gasteiger partial charge in [-0.1, -0.05) is 26.8 Å². The highest BCUT2D eigenvalue weighted by molar-refractivity contribution is 7.15. The van der Waals surface area contributed by atoms with Gasteiger partial charge in [0.25, 0.3) is 0 Å². The van der Waals surface area contributed by atoms with Gasteiger partial charge in [-0.25, -0.2) is 9.97 Å². The molecule has 0 spiro atoms. The number of imidazole rings is 1. The van der Waals surface area contributed by atoms with E-state index in [0.29, 0.717) is 0 Å². The van der Waals surface area contributed by atoms with Crippen LogP contribution in [0.15, 0.2) is 48.9 Å². The fourth-order valence-corrected chi connectivity index (χ4v) is 4.30. The second kappa shape index (κ2) is 7.09. The zero-order chi connectivity index (χ0) is 18.8. The molecule has 0 saturated carbocycles. The first-order valence-electron chi connectivity index (χ1n) is 8.82. The minimum absolute atomic E-state index is 0.00608. The van der Waals surface area contributed by atoms with Crippen LogP contribution in [0.4, 0.5) is 0 Å². The van der Waals surface area contributed by atoms with Gasteiger partial charge in [-0.05, 0) is 61.8 Å². The van der Waals surface area contributed by atoms with Crippen molar-refractivity contribution >= 4 is 11.3 Å². The molecular formula is C22H25N3S. The Kier molecular flexibility index (Phi) is 5.02. The van der Waals surface area contributed by atoms with Crippen molar-refractivity contribution in [3.8, 4) is 22.5 Å². The molecule has 3 rings (SSSR count). The van der Waals surface area contributed by atoms with Crippen molar-refractivity contribution in [2.75, 3.05) is 0 Å². The van der Waals surface area contributed by atoms with Gasteiger partial charge in [0.1, 0.15) is 5.69 Å². The molecule has 0 aromatic carbocycles. The van der Waals surface area contributed by atoms with Gasteiger partial charge in [0.2, 0.25) is 0 Å². The summed E-state index contributed by atoms with van der Waals surface area (Å²) in [5, 5.41) is 0. The van der Waals surface area contributed by atoms with Crippen LogP contribution in [0.3, 0.4) is 0 Å². The number of pyridine rings is 1. The number of hydrogen-bond acceptors (Lipinski definition) is 3. The lowest BCUT2D eigenvalue weighted by Crippen LogP contribution is -2.31. The summed E-state index contributed by atoms with van der Waals surface area (Å²) in [7, 11) is 0. The molecule has 3 nitrogen and oxygen atoms in total. The molecule has 0 radical (unpaired) electrons. The Morgan fingerprint density at radius 3 is 2.46 bits per heavy atom. The van der Waals surface area contributed by atoms with Crippen LogP contribution in [0.25, 0.3) is 10.7 Å². The van der Waals surface area contributed by atoms with Crippen LogP contribution >= 0.6 is 11.3 Å². The monoisotopic (exact) mass is 363 g/mol. The van der Waals surface area contributed by atoms with Crippen molar-refractivity contribution in [1.82, 2.24) is 14.5 Å². The molecule has 0 amide bonds. The lowest BCUT2D eigenvalue weighted by Gasteiger charge is -2.34. The minimum atomic E-state index is -0.00608. The number of nitrogens with zero attached hydrogens (tertiary/aromatic N) is 3. The van der Waals surface area contributed by atoms with Gasteiger partial charge in [0.15, 0.2) is 5.82 Å². The molecule has 4 heteroatoms. The molecule has 0 unspecified atom stereocenters. The summed E-state index contributed by atoms with van der Waals surface area (Å²) in [6.07, 6.45) is 6.80. The molecule has 0 saturated heterocycles. The molecular weight excluding hydrogens is 338 g/mol. The Morgan fingerprint density at radius 1 is 0.962 bits per heavy atom. The third-order valence-corrected chi connectivity index (χ3v) is 5.06. The van der Waals surface area contributed by atoms with E-state index in [-0.39, 0.29) is 11.0 Å². The fraction of sp³-hybridized carbons (Fsp3) is 0.364. The molecule has 26 heavy (non-hydrogen) atoms. The largest absolute Gasteiger partial charge is 0.325 e. The number of aromatic nitrogens is 3. The molecule has 0 N–H and O–H groups in total. The molecule has 3 aromatic heterocycles. The van der Waals surface area contributed by atoms with Crippen molar-refractivity contribution < 1.29 is 0 Å². The van der Waals surface area contributed by atoms with Gasteiger partial charge in [-0.15, -0.1) is 11.3 Å². The van der Waals surface area contributed by atoms with Gasteiger partial charge in [-0.2, -0.15) is 0 Å². The third-order valence-electron chi connectivity index (χ3n) is 4.06. The second-order valence-electron chi connectivity index (χ2n) is 8.30. The highest BCUT2D eigenvalue weighted by atomic mass is 32.1. The third kappa shape index (κ3) is 4.42. The maximum atomic E-state index is 4.63. The summed E-state index contributed by atoms with van der Waals surface area (Å²) >= 11 is 1.67. The van der Waals surface area contributed by atoms with E-state index in [1.165, 1.54) is 0 Å². The quantitative estimate of drug-likeness (QED) is 0.569. The first-order valence-corrected chi connectivity index (χ1v) is 9.63. The Bertz CT molecular complexity index is 931. The standard InChI is InChI=1S/C22H25N3S/c1-21(2,3)16-22(4,5)25-15-14-24-20(25)19-12-11-18(26-19)10-9-17-8-6-7-13-23-17/h6-8,11-15H,16H2,1-5H3. The molecule has 0 fully saturated rings. The van der Waals surface area contributed by atoms with Crippen LogP contribution < -0.4 is 0 Å². The Hall–Kier alpha value is -2.38. The van der Waals surface area contributed by atoms with E-state index in [2.05, 4.69) is 79.3 Å². The maximum absolute atomic E-state index is 4.63. The first-order chi connectivity index (χ1) is 12.2. The van der Waals surface area contributed by atoms with E-state index in [1.54, 1.807) is 17.5 Å². The highest BCUT2D eigenvalue weighted by Crippen LogP contribution is 2.36. The summed E-state index contributed by atoms with van der Waals surface area (Å²) in [5.41, 5.74) is 1.03. The number of thiophene rings is 1. The summed E-state index contributed by atoms with van der Waals surface area (Å²) in [6, 6.07) is 9.94. The molecule has 134 valence electrons. The van der Waals surface area contributed by atoms with Crippen LogP contribution in [0.5, 0.6) is 0 Å². The van der Waals surface area contributed by atoms with Crippen molar-refractivity contribution in [2.45, 2.75) is 46.6 Å². The van der Waals surface area contributed by atoms with Gasteiger partial charge < -0.3 is 4.57 Å². The topological polar surface area (TPSA) is 30.7 Å². The molecule has 0 aliphatic heterocycles. The average molecular weight is 364 g/mol. The lowest BCUT2D eigenvalue weighted by molar-refractivity contribution is 0.216. The fourth-order valence-electron chi connectivity index (χ4n) is 3.44. The second-order valence-corrected chi connectivity index (χ2v) is 9.38. The van der Waals surface area contributed by atoms with Crippen molar-refractivity contribution in [3.63, 3.8) is 0 Å². The van der Waals surface area contributed by atoms with E-state index < -0.39 is 0 Å². The van der Waals surface area contributed by atoms with Crippen LogP contribution in [0.1, 0.15) is 51.6 Å². The Labute approximate surface area is 160 Å². The molecule has 0 atom stereocenters. The first kappa shape index (κ1) is 18.4. The molecule has 3 aromatic rings. The lowest BCUT2D eigenvalue weighted by atomic mass is 9.81. The zero-order valence-electron chi connectivity index (χ0n) is 16.1. The highest BCUT2D eigenvalue weighted by Gasteiger charge is 2.29. The summed E-state index contributed by atoms with van der Waals surface area (Å²) in [6.45, 7) is 11.4. The van der Waals surface area contributed by atoms with Crippen LogP contribution in [-0.2, 0) is 5.54 Å². The summed E-state index contributed by atoms with van der Waals surface area (Å²) in [5.74, 6) is 7.34. The normalized spacial score (nSPS) is 11.9. The van der Waals surface area contributed by atoms with E-state index in [9.17, 15) is 0 Å². The van der Waals surface area contributed by atoms with Gasteiger partial charge in [0.05, 0.1) is 9.75 Å². The van der Waals surface area contributed by atoms with Crippen LogP contribution in [-0.4, -0.2) is 14.5 Å². The smallest absolute Gasteiger partial charge is 0.150 e. The number of hydrogen-bond donors (Lipinski definition) is 0. The van der Waals surface area contributed by atoms with Crippen molar-refractivity contribution in [1.29, 1.82) is 0 Å². The summed E-state index contributed by atoms with van der Waals surface area (Å²) < 4.78 is 2.29. The average Bonchev–Trinajstić information content (AvgIpc) is 3.21. The summed E-state index contributed by atoms with van der Waals surface area (Å²) in [4.78, 5) is 11.0. The van der Waals surface area contributed by atoms with Gasteiger partial charge in [0, 0.05) is 24.1 Å². The Morgan fingerprint density at radius 2 is 1.77 bits per heavy atom. The Balaban J connectivity index is 1.87. The van der Waals surface area contributed by atoms with Crippen LogP contribution in [0.2, 0.25) is 0 Å². The predicted octanol–water partition coefficient (Wildman–Crippen LogP) is 5.58. The molecule has 0 aliphatic rings.